The first-order valence-corrected chi connectivity index (χ1v) is 14.1. The Labute approximate surface area is 235 Å². The molecule has 0 saturated carbocycles. The van der Waals surface area contributed by atoms with Crippen molar-refractivity contribution in [3.8, 4) is 0 Å². The summed E-state index contributed by atoms with van der Waals surface area (Å²) in [4.78, 5) is 0. The van der Waals surface area contributed by atoms with Gasteiger partial charge in [-0.1, -0.05) is 70.7 Å². The van der Waals surface area contributed by atoms with Gasteiger partial charge in [-0.2, -0.15) is 0 Å². The van der Waals surface area contributed by atoms with Gasteiger partial charge in [-0.05, 0) is 100 Å². The fraction of sp³-hybridized carbons (Fsp3) is 0.212. The van der Waals surface area contributed by atoms with Crippen LogP contribution in [-0.2, 0) is 0 Å². The molecule has 0 N–H and O–H groups in total. The van der Waals surface area contributed by atoms with Crippen LogP contribution < -0.4 is 10.6 Å². The predicted octanol–water partition coefficient (Wildman–Crippen LogP) is 8.67. The molecule has 0 saturated heterocycles. The maximum Gasteiger partial charge on any atom is 0.200 e. The molecule has 4 rings (SSSR count). The van der Waals surface area contributed by atoms with Crippen molar-refractivity contribution in [2.24, 2.45) is 0 Å². The van der Waals surface area contributed by atoms with E-state index in [1.165, 1.54) is 0 Å². The van der Waals surface area contributed by atoms with Crippen LogP contribution in [0.5, 0.6) is 0 Å². The summed E-state index contributed by atoms with van der Waals surface area (Å²) in [6.07, 6.45) is 0. The first-order chi connectivity index (χ1) is 18.7. The highest BCUT2D eigenvalue weighted by Gasteiger charge is 2.32. The van der Waals surface area contributed by atoms with Crippen molar-refractivity contribution in [1.82, 2.24) is 0 Å². The molecule has 4 aromatic rings. The molecule has 0 atom stereocenters. The maximum atomic E-state index is 15.3. The minimum atomic E-state index is -2.22. The smallest absolute Gasteiger partial charge is 0.200 e. The number of halogens is 5. The van der Waals surface area contributed by atoms with Crippen LogP contribution in [0.15, 0.2) is 48.5 Å². The molecule has 0 heterocycles. The Kier molecular flexibility index (Phi) is 8.42. The largest absolute Gasteiger partial charge is 0.203 e. The first-order valence-electron chi connectivity index (χ1n) is 12.8. The van der Waals surface area contributed by atoms with E-state index in [0.717, 1.165) is 49.6 Å². The Bertz CT molecular complexity index is 1540. The fourth-order valence-corrected chi connectivity index (χ4v) is 8.56. The van der Waals surface area contributed by atoms with E-state index in [0.29, 0.717) is 10.9 Å². The van der Waals surface area contributed by atoms with Crippen LogP contribution in [0.25, 0.3) is 10.8 Å². The molecular weight excluding hydrogens is 533 g/mol. The molecule has 0 bridgehead atoms. The van der Waals surface area contributed by atoms with Crippen LogP contribution in [0.1, 0.15) is 50.1 Å². The molecule has 0 fully saturated rings. The molecule has 7 heteroatoms. The molecule has 4 aromatic carbocycles. The molecule has 40 heavy (non-hydrogen) atoms. The molecule has 0 aromatic heterocycles. The van der Waals surface area contributed by atoms with E-state index in [4.69, 9.17) is 7.85 Å². The molecule has 2 radical (unpaired) electrons. The molecule has 0 amide bonds. The Morgan fingerprint density at radius 1 is 0.525 bits per heavy atom. The quantitative estimate of drug-likeness (QED) is 0.0571. The van der Waals surface area contributed by atoms with E-state index in [2.05, 4.69) is 0 Å². The van der Waals surface area contributed by atoms with Gasteiger partial charge in [-0.25, -0.2) is 22.0 Å². The fourth-order valence-electron chi connectivity index (χ4n) is 5.46. The third-order valence-corrected chi connectivity index (χ3v) is 10.3. The SMILES string of the molecule is [B]/C(=C(\c1ccc(C)cc1)P(c1c(C)cc(C)cc1C)c1c(C)cc(C)cc1C)c1c(F)c(F)c(F)c(F)c1F. The Morgan fingerprint density at radius 2 is 0.875 bits per heavy atom. The summed E-state index contributed by atoms with van der Waals surface area (Å²) in [7, 11) is 4.95. The van der Waals surface area contributed by atoms with E-state index in [1.54, 1.807) is 12.1 Å². The van der Waals surface area contributed by atoms with Gasteiger partial charge < -0.3 is 0 Å². The number of aryl methyl sites for hydroxylation is 7. The molecule has 0 spiro atoms. The summed E-state index contributed by atoms with van der Waals surface area (Å²) in [6.45, 7) is 13.7. The standard InChI is InChI=1S/C33H29BF5P/c1-16-8-10-23(11-9-16)33(25(34)24-26(35)28(37)30(39)29(38)27(24)36)40(31-19(4)12-17(2)13-20(31)5)32-21(6)14-18(3)15-22(32)7/h8-15H,1-7H3/b33-25+. The van der Waals surface area contributed by atoms with E-state index >= 15 is 8.78 Å². The van der Waals surface area contributed by atoms with Gasteiger partial charge in [0.2, 0.25) is 5.82 Å². The van der Waals surface area contributed by atoms with Crippen molar-refractivity contribution in [3.05, 3.63) is 128 Å². The normalized spacial score (nSPS) is 12.2. The summed E-state index contributed by atoms with van der Waals surface area (Å²) in [5.74, 6) is -10.2. The van der Waals surface area contributed by atoms with Crippen LogP contribution in [0.4, 0.5) is 22.0 Å². The van der Waals surface area contributed by atoms with Crippen molar-refractivity contribution < 1.29 is 22.0 Å². The second-order valence-corrected chi connectivity index (χ2v) is 12.4. The van der Waals surface area contributed by atoms with Crippen molar-refractivity contribution in [2.75, 3.05) is 0 Å². The second kappa shape index (κ2) is 11.3. The molecule has 0 aliphatic rings. The number of rotatable bonds is 5. The molecule has 204 valence electrons. The molecular formula is C33H29BF5P. The van der Waals surface area contributed by atoms with Gasteiger partial charge in [0, 0.05) is 5.56 Å². The van der Waals surface area contributed by atoms with Gasteiger partial charge in [0.05, 0.1) is 0 Å². The lowest BCUT2D eigenvalue weighted by molar-refractivity contribution is 0.376. The molecule has 0 nitrogen and oxygen atoms in total. The van der Waals surface area contributed by atoms with E-state index in [1.807, 2.05) is 84.9 Å². The summed E-state index contributed by atoms with van der Waals surface area (Å²) in [5, 5.41) is 2.15. The summed E-state index contributed by atoms with van der Waals surface area (Å²) < 4.78 is 73.4. The van der Waals surface area contributed by atoms with Crippen LogP contribution in [0, 0.1) is 77.6 Å². The minimum absolute atomic E-state index is 0.323. The lowest BCUT2D eigenvalue weighted by atomic mass is 9.85. The van der Waals surface area contributed by atoms with Crippen LogP contribution in [0.3, 0.4) is 0 Å². The minimum Gasteiger partial charge on any atom is -0.203 e. The molecule has 0 unspecified atom stereocenters. The third kappa shape index (κ3) is 5.26. The zero-order valence-electron chi connectivity index (χ0n) is 23.5. The van der Waals surface area contributed by atoms with Crippen molar-refractivity contribution >= 4 is 37.2 Å². The van der Waals surface area contributed by atoms with Gasteiger partial charge in [0.1, 0.15) is 7.85 Å². The van der Waals surface area contributed by atoms with Gasteiger partial charge in [0.25, 0.3) is 0 Å². The van der Waals surface area contributed by atoms with Gasteiger partial charge in [0.15, 0.2) is 23.3 Å². The zero-order valence-corrected chi connectivity index (χ0v) is 24.4. The lowest BCUT2D eigenvalue weighted by Gasteiger charge is -2.31. The molecule has 0 aliphatic carbocycles. The number of benzene rings is 4. The molecule has 0 aliphatic heterocycles. The average molecular weight is 562 g/mol. The third-order valence-electron chi connectivity index (χ3n) is 7.00. The lowest BCUT2D eigenvalue weighted by Crippen LogP contribution is -2.23. The Balaban J connectivity index is 2.27. The van der Waals surface area contributed by atoms with E-state index in [9.17, 15) is 13.2 Å². The Hall–Kier alpha value is -3.24. The highest BCUT2D eigenvalue weighted by atomic mass is 31.1. The summed E-state index contributed by atoms with van der Waals surface area (Å²) in [5.41, 5.74) is 5.72. The zero-order chi connectivity index (χ0) is 29.6. The summed E-state index contributed by atoms with van der Waals surface area (Å²) >= 11 is 0. The van der Waals surface area contributed by atoms with Gasteiger partial charge in [-0.3, -0.25) is 0 Å². The monoisotopic (exact) mass is 562 g/mol. The topological polar surface area (TPSA) is 0 Å². The van der Waals surface area contributed by atoms with Gasteiger partial charge in [-0.15, -0.1) is 0 Å². The Morgan fingerprint density at radius 3 is 1.25 bits per heavy atom. The maximum absolute atomic E-state index is 15.3. The van der Waals surface area contributed by atoms with Crippen LogP contribution in [0.2, 0.25) is 0 Å². The summed E-state index contributed by atoms with van der Waals surface area (Å²) in [6, 6.07) is 15.3. The van der Waals surface area contributed by atoms with Crippen molar-refractivity contribution in [2.45, 2.75) is 48.5 Å². The van der Waals surface area contributed by atoms with E-state index < -0.39 is 48.0 Å². The highest BCUT2D eigenvalue weighted by Crippen LogP contribution is 2.55. The van der Waals surface area contributed by atoms with Gasteiger partial charge >= 0.3 is 0 Å². The van der Waals surface area contributed by atoms with Crippen molar-refractivity contribution in [3.63, 3.8) is 0 Å². The van der Waals surface area contributed by atoms with Crippen molar-refractivity contribution in [1.29, 1.82) is 0 Å². The first kappa shape index (κ1) is 29.7. The van der Waals surface area contributed by atoms with Crippen LogP contribution in [-0.4, -0.2) is 7.85 Å². The second-order valence-electron chi connectivity index (χ2n) is 10.4. The number of hydrogen-bond acceptors (Lipinski definition) is 0. The highest BCUT2D eigenvalue weighted by molar-refractivity contribution is 7.83. The van der Waals surface area contributed by atoms with E-state index in [-0.39, 0.29) is 0 Å². The van der Waals surface area contributed by atoms with Crippen LogP contribution >= 0.6 is 7.92 Å². The predicted molar refractivity (Wildman–Crippen MR) is 157 cm³/mol. The average Bonchev–Trinajstić information content (AvgIpc) is 2.86. The number of hydrogen-bond donors (Lipinski definition) is 0.